The molecule has 0 aliphatic carbocycles. The molecule has 2 amide bonds. The van der Waals surface area contributed by atoms with Gasteiger partial charge in [-0.2, -0.15) is 0 Å². The number of carbonyl (C=O) groups is 2. The number of fused-ring (bicyclic) bond motifs is 1. The SMILES string of the molecule is O=C(CCCOc1ccccc1)Nc1ccc2c(c1)OCC(=O)N2Cc1ccccc1F. The number of hydrogen-bond donors (Lipinski definition) is 1. The topological polar surface area (TPSA) is 67.9 Å². The number of nitrogens with zero attached hydrogens (tertiary/aromatic N) is 1. The zero-order valence-electron chi connectivity index (χ0n) is 17.4. The van der Waals surface area contributed by atoms with Crippen molar-refractivity contribution >= 4 is 23.2 Å². The monoisotopic (exact) mass is 434 g/mol. The number of carbonyl (C=O) groups excluding carboxylic acids is 2. The summed E-state index contributed by atoms with van der Waals surface area (Å²) in [6, 6.07) is 20.9. The summed E-state index contributed by atoms with van der Waals surface area (Å²) < 4.78 is 25.2. The average molecular weight is 434 g/mol. The maximum absolute atomic E-state index is 14.1. The third-order valence-corrected chi connectivity index (χ3v) is 5.03. The van der Waals surface area contributed by atoms with Gasteiger partial charge in [-0.3, -0.25) is 9.59 Å². The van der Waals surface area contributed by atoms with E-state index in [1.54, 1.807) is 36.4 Å². The Labute approximate surface area is 185 Å². The minimum atomic E-state index is -0.367. The van der Waals surface area contributed by atoms with Crippen molar-refractivity contribution < 1.29 is 23.5 Å². The van der Waals surface area contributed by atoms with Crippen LogP contribution >= 0.6 is 0 Å². The quantitative estimate of drug-likeness (QED) is 0.528. The normalized spacial score (nSPS) is 12.7. The molecule has 0 fully saturated rings. The number of hydrogen-bond acceptors (Lipinski definition) is 4. The van der Waals surface area contributed by atoms with Gasteiger partial charge in [-0.15, -0.1) is 0 Å². The van der Waals surface area contributed by atoms with Gasteiger partial charge in [0.2, 0.25) is 5.91 Å². The van der Waals surface area contributed by atoms with Gasteiger partial charge in [0.15, 0.2) is 6.61 Å². The molecule has 3 aromatic carbocycles. The van der Waals surface area contributed by atoms with E-state index in [-0.39, 0.29) is 30.8 Å². The van der Waals surface area contributed by atoms with Crippen molar-refractivity contribution in [2.45, 2.75) is 19.4 Å². The number of rotatable bonds is 8. The summed E-state index contributed by atoms with van der Waals surface area (Å²) in [5.74, 6) is 0.474. The molecule has 0 aromatic heterocycles. The van der Waals surface area contributed by atoms with Gasteiger partial charge in [0.1, 0.15) is 17.3 Å². The van der Waals surface area contributed by atoms with Crippen LogP contribution in [0.25, 0.3) is 0 Å². The Balaban J connectivity index is 1.35. The standard InChI is InChI=1S/C25H23FN2O4/c26-21-10-5-4-7-18(21)16-28-22-13-12-19(15-23(22)32-17-25(28)30)27-24(29)11-6-14-31-20-8-2-1-3-9-20/h1-5,7-10,12-13,15H,6,11,14,16-17H2,(H,27,29). The molecular weight excluding hydrogens is 411 g/mol. The molecule has 1 N–H and O–H groups in total. The highest BCUT2D eigenvalue weighted by Gasteiger charge is 2.26. The third-order valence-electron chi connectivity index (χ3n) is 5.03. The second kappa shape index (κ2) is 9.96. The molecule has 0 saturated carbocycles. The lowest BCUT2D eigenvalue weighted by Gasteiger charge is -2.30. The van der Waals surface area contributed by atoms with Crippen LogP contribution in [-0.2, 0) is 16.1 Å². The first kappa shape index (κ1) is 21.4. The van der Waals surface area contributed by atoms with E-state index in [0.29, 0.717) is 42.1 Å². The molecule has 6 nitrogen and oxygen atoms in total. The highest BCUT2D eigenvalue weighted by atomic mass is 19.1. The molecule has 1 heterocycles. The smallest absolute Gasteiger partial charge is 0.265 e. The Hall–Kier alpha value is -3.87. The molecule has 1 aliphatic heterocycles. The molecule has 0 atom stereocenters. The maximum atomic E-state index is 14.1. The second-order valence-electron chi connectivity index (χ2n) is 7.36. The minimum Gasteiger partial charge on any atom is -0.494 e. The molecule has 0 radical (unpaired) electrons. The molecule has 7 heteroatoms. The van der Waals surface area contributed by atoms with Crippen LogP contribution in [0, 0.1) is 5.82 Å². The number of para-hydroxylation sites is 1. The fourth-order valence-corrected chi connectivity index (χ4v) is 3.42. The van der Waals surface area contributed by atoms with Crippen LogP contribution in [0.1, 0.15) is 18.4 Å². The molecule has 32 heavy (non-hydrogen) atoms. The number of anilines is 2. The first-order valence-electron chi connectivity index (χ1n) is 10.4. The Morgan fingerprint density at radius 1 is 1.06 bits per heavy atom. The lowest BCUT2D eigenvalue weighted by Crippen LogP contribution is -2.38. The lowest BCUT2D eigenvalue weighted by atomic mass is 10.1. The number of benzene rings is 3. The fraction of sp³-hybridized carbons (Fsp3) is 0.200. The summed E-state index contributed by atoms with van der Waals surface area (Å²) >= 11 is 0. The van der Waals surface area contributed by atoms with Gasteiger partial charge >= 0.3 is 0 Å². The Kier molecular flexibility index (Phi) is 6.65. The van der Waals surface area contributed by atoms with Crippen LogP contribution in [0.15, 0.2) is 72.8 Å². The second-order valence-corrected chi connectivity index (χ2v) is 7.36. The molecule has 0 unspecified atom stereocenters. The summed E-state index contributed by atoms with van der Waals surface area (Å²) in [6.45, 7) is 0.405. The maximum Gasteiger partial charge on any atom is 0.265 e. The van der Waals surface area contributed by atoms with Crippen LogP contribution in [-0.4, -0.2) is 25.0 Å². The van der Waals surface area contributed by atoms with E-state index in [9.17, 15) is 14.0 Å². The van der Waals surface area contributed by atoms with E-state index >= 15 is 0 Å². The van der Waals surface area contributed by atoms with Gasteiger partial charge in [0.25, 0.3) is 5.91 Å². The zero-order valence-corrected chi connectivity index (χ0v) is 17.4. The largest absolute Gasteiger partial charge is 0.494 e. The zero-order chi connectivity index (χ0) is 22.3. The predicted octanol–water partition coefficient (Wildman–Crippen LogP) is 4.55. The van der Waals surface area contributed by atoms with Crippen molar-refractivity contribution in [1.82, 2.24) is 0 Å². The summed E-state index contributed by atoms with van der Waals surface area (Å²) in [5.41, 5.74) is 1.53. The van der Waals surface area contributed by atoms with E-state index in [1.807, 2.05) is 30.3 Å². The van der Waals surface area contributed by atoms with Crippen LogP contribution in [0.4, 0.5) is 15.8 Å². The lowest BCUT2D eigenvalue weighted by molar-refractivity contribution is -0.121. The van der Waals surface area contributed by atoms with Gasteiger partial charge in [-0.05, 0) is 36.8 Å². The summed E-state index contributed by atoms with van der Waals surface area (Å²) in [4.78, 5) is 26.1. The Bertz CT molecular complexity index is 1100. The van der Waals surface area contributed by atoms with Crippen molar-refractivity contribution in [3.8, 4) is 11.5 Å². The first-order chi connectivity index (χ1) is 15.6. The molecule has 164 valence electrons. The third kappa shape index (κ3) is 5.24. The van der Waals surface area contributed by atoms with Gasteiger partial charge in [-0.25, -0.2) is 4.39 Å². The van der Waals surface area contributed by atoms with Gasteiger partial charge in [0.05, 0.1) is 18.8 Å². The van der Waals surface area contributed by atoms with Crippen molar-refractivity contribution in [3.05, 3.63) is 84.2 Å². The fourth-order valence-electron chi connectivity index (χ4n) is 3.42. The van der Waals surface area contributed by atoms with Crippen LogP contribution in [0.5, 0.6) is 11.5 Å². The van der Waals surface area contributed by atoms with Crippen molar-refractivity contribution in [2.24, 2.45) is 0 Å². The predicted molar refractivity (Wildman–Crippen MR) is 119 cm³/mol. The van der Waals surface area contributed by atoms with Crippen LogP contribution < -0.4 is 19.7 Å². The van der Waals surface area contributed by atoms with E-state index in [2.05, 4.69) is 5.32 Å². The van der Waals surface area contributed by atoms with E-state index < -0.39 is 0 Å². The minimum absolute atomic E-state index is 0.106. The average Bonchev–Trinajstić information content (AvgIpc) is 2.80. The Morgan fingerprint density at radius 3 is 2.66 bits per heavy atom. The van der Waals surface area contributed by atoms with Gasteiger partial charge < -0.3 is 19.7 Å². The van der Waals surface area contributed by atoms with E-state index in [4.69, 9.17) is 9.47 Å². The molecule has 0 spiro atoms. The number of ether oxygens (including phenoxy) is 2. The number of halogens is 1. The summed E-state index contributed by atoms with van der Waals surface area (Å²) in [6.07, 6.45) is 0.885. The van der Waals surface area contributed by atoms with E-state index in [0.717, 1.165) is 5.75 Å². The summed E-state index contributed by atoms with van der Waals surface area (Å²) in [7, 11) is 0. The van der Waals surface area contributed by atoms with Crippen LogP contribution in [0.3, 0.4) is 0 Å². The van der Waals surface area contributed by atoms with Crippen molar-refractivity contribution in [3.63, 3.8) is 0 Å². The van der Waals surface area contributed by atoms with Gasteiger partial charge in [0, 0.05) is 23.7 Å². The summed E-state index contributed by atoms with van der Waals surface area (Å²) in [5, 5.41) is 2.84. The highest BCUT2D eigenvalue weighted by Crippen LogP contribution is 2.35. The molecule has 0 saturated heterocycles. The number of amides is 2. The molecule has 4 rings (SSSR count). The van der Waals surface area contributed by atoms with Crippen LogP contribution in [0.2, 0.25) is 0 Å². The number of nitrogens with one attached hydrogen (secondary N) is 1. The molecule has 1 aliphatic rings. The molecule has 3 aromatic rings. The highest BCUT2D eigenvalue weighted by molar-refractivity contribution is 5.99. The van der Waals surface area contributed by atoms with E-state index in [1.165, 1.54) is 11.0 Å². The Morgan fingerprint density at radius 2 is 1.84 bits per heavy atom. The molecular formula is C25H23FN2O4. The van der Waals surface area contributed by atoms with Crippen molar-refractivity contribution in [2.75, 3.05) is 23.4 Å². The van der Waals surface area contributed by atoms with Crippen molar-refractivity contribution in [1.29, 1.82) is 0 Å². The van der Waals surface area contributed by atoms with Gasteiger partial charge in [-0.1, -0.05) is 36.4 Å². The molecule has 0 bridgehead atoms. The first-order valence-corrected chi connectivity index (χ1v) is 10.4.